The fourth-order valence-electron chi connectivity index (χ4n) is 3.04. The van der Waals surface area contributed by atoms with Gasteiger partial charge in [0.2, 0.25) is 0 Å². The Labute approximate surface area is 121 Å². The Kier molecular flexibility index (Phi) is 5.05. The predicted molar refractivity (Wildman–Crippen MR) is 76.5 cm³/mol. The van der Waals surface area contributed by atoms with Crippen LogP contribution in [0.25, 0.3) is 0 Å². The van der Waals surface area contributed by atoms with Crippen molar-refractivity contribution in [2.45, 2.75) is 71.9 Å². The van der Waals surface area contributed by atoms with Crippen molar-refractivity contribution in [1.29, 1.82) is 0 Å². The number of amides is 1. The molecule has 2 N–H and O–H groups in total. The number of carboxylic acid groups (broad SMARTS) is 1. The summed E-state index contributed by atoms with van der Waals surface area (Å²) >= 11 is 0. The normalized spacial score (nSPS) is 30.1. The van der Waals surface area contributed by atoms with Crippen molar-refractivity contribution < 1.29 is 19.4 Å². The van der Waals surface area contributed by atoms with Gasteiger partial charge in [0.1, 0.15) is 5.60 Å². The second-order valence-electron chi connectivity index (χ2n) is 6.73. The van der Waals surface area contributed by atoms with E-state index in [-0.39, 0.29) is 6.04 Å². The average Bonchev–Trinajstić information content (AvgIpc) is 2.65. The van der Waals surface area contributed by atoms with Gasteiger partial charge >= 0.3 is 12.1 Å². The van der Waals surface area contributed by atoms with Gasteiger partial charge in [-0.1, -0.05) is 20.3 Å². The van der Waals surface area contributed by atoms with E-state index in [1.807, 2.05) is 6.92 Å². The molecule has 0 saturated heterocycles. The summed E-state index contributed by atoms with van der Waals surface area (Å²) in [4.78, 5) is 23.6. The Balaban J connectivity index is 2.84. The van der Waals surface area contributed by atoms with Crippen LogP contribution in [0.15, 0.2) is 0 Å². The highest BCUT2D eigenvalue weighted by atomic mass is 16.6. The van der Waals surface area contributed by atoms with Crippen molar-refractivity contribution >= 4 is 12.1 Å². The Bertz CT molecular complexity index is 375. The van der Waals surface area contributed by atoms with Crippen molar-refractivity contribution in [1.82, 2.24) is 5.32 Å². The van der Waals surface area contributed by atoms with Gasteiger partial charge in [0.25, 0.3) is 0 Å². The van der Waals surface area contributed by atoms with Gasteiger partial charge in [-0.25, -0.2) is 4.79 Å². The standard InChI is InChI=1S/C15H27NO4/c1-6-10-8-11(15(7-2,9-10)12(17)18)16-13(19)20-14(3,4)5/h10-11H,6-9H2,1-5H3,(H,16,19)(H,17,18). The third-order valence-electron chi connectivity index (χ3n) is 4.21. The molecule has 5 nitrogen and oxygen atoms in total. The van der Waals surface area contributed by atoms with Gasteiger partial charge in [-0.05, 0) is 46.0 Å². The number of rotatable bonds is 4. The highest BCUT2D eigenvalue weighted by Gasteiger charge is 2.52. The van der Waals surface area contributed by atoms with Crippen LogP contribution in [0, 0.1) is 11.3 Å². The maximum absolute atomic E-state index is 11.9. The Morgan fingerprint density at radius 3 is 2.35 bits per heavy atom. The molecular formula is C15H27NO4. The minimum atomic E-state index is -0.864. The SMILES string of the molecule is CCC1CC(NC(=O)OC(C)(C)C)C(CC)(C(=O)O)C1. The first-order valence-electron chi connectivity index (χ1n) is 7.37. The van der Waals surface area contributed by atoms with E-state index in [9.17, 15) is 14.7 Å². The van der Waals surface area contributed by atoms with Crippen LogP contribution in [0.1, 0.15) is 60.3 Å². The number of carbonyl (C=O) groups excluding carboxylic acids is 1. The monoisotopic (exact) mass is 285 g/mol. The topological polar surface area (TPSA) is 75.6 Å². The van der Waals surface area contributed by atoms with Crippen LogP contribution in [0.4, 0.5) is 4.79 Å². The number of nitrogens with one attached hydrogen (secondary N) is 1. The zero-order valence-corrected chi connectivity index (χ0v) is 13.2. The molecule has 0 heterocycles. The fraction of sp³-hybridized carbons (Fsp3) is 0.867. The summed E-state index contributed by atoms with van der Waals surface area (Å²) in [6, 6.07) is -0.357. The van der Waals surface area contributed by atoms with Crippen LogP contribution in [-0.4, -0.2) is 28.8 Å². The van der Waals surface area contributed by atoms with Gasteiger partial charge in [0, 0.05) is 6.04 Å². The van der Waals surface area contributed by atoms with Gasteiger partial charge in [-0.15, -0.1) is 0 Å². The number of hydrogen-bond donors (Lipinski definition) is 2. The minimum Gasteiger partial charge on any atom is -0.481 e. The molecular weight excluding hydrogens is 258 g/mol. The van der Waals surface area contributed by atoms with Crippen molar-refractivity contribution in [3.8, 4) is 0 Å². The molecule has 1 rings (SSSR count). The zero-order valence-electron chi connectivity index (χ0n) is 13.2. The third-order valence-corrected chi connectivity index (χ3v) is 4.21. The molecule has 1 aliphatic carbocycles. The lowest BCUT2D eigenvalue weighted by Crippen LogP contribution is -2.49. The first-order valence-corrected chi connectivity index (χ1v) is 7.37. The molecule has 1 saturated carbocycles. The summed E-state index contributed by atoms with van der Waals surface area (Å²) in [6.45, 7) is 9.31. The zero-order chi connectivity index (χ0) is 15.6. The molecule has 0 spiro atoms. The number of carbonyl (C=O) groups is 2. The summed E-state index contributed by atoms with van der Waals surface area (Å²) in [7, 11) is 0. The van der Waals surface area contributed by atoms with Crippen LogP contribution >= 0.6 is 0 Å². The summed E-state index contributed by atoms with van der Waals surface area (Å²) in [5, 5.41) is 12.4. The van der Waals surface area contributed by atoms with Crippen LogP contribution in [0.2, 0.25) is 0 Å². The van der Waals surface area contributed by atoms with Crippen LogP contribution < -0.4 is 5.32 Å². The molecule has 5 heteroatoms. The maximum Gasteiger partial charge on any atom is 0.407 e. The van der Waals surface area contributed by atoms with Gasteiger partial charge < -0.3 is 15.2 Å². The van der Waals surface area contributed by atoms with Gasteiger partial charge in [0.15, 0.2) is 0 Å². The largest absolute Gasteiger partial charge is 0.481 e. The summed E-state index contributed by atoms with van der Waals surface area (Å²) in [5.74, 6) is -0.483. The number of carboxylic acids is 1. The lowest BCUT2D eigenvalue weighted by Gasteiger charge is -2.31. The van der Waals surface area contributed by atoms with Crippen LogP contribution in [0.5, 0.6) is 0 Å². The molecule has 3 unspecified atom stereocenters. The molecule has 3 atom stereocenters. The van der Waals surface area contributed by atoms with E-state index in [1.165, 1.54) is 0 Å². The van der Waals surface area contributed by atoms with Crippen LogP contribution in [-0.2, 0) is 9.53 Å². The smallest absolute Gasteiger partial charge is 0.407 e. The van der Waals surface area contributed by atoms with Crippen molar-refractivity contribution in [3.63, 3.8) is 0 Å². The van der Waals surface area contributed by atoms with E-state index in [2.05, 4.69) is 12.2 Å². The molecule has 0 aromatic carbocycles. The number of aliphatic carboxylic acids is 1. The molecule has 1 aliphatic rings. The highest BCUT2D eigenvalue weighted by Crippen LogP contribution is 2.46. The number of ether oxygens (including phenoxy) is 1. The van der Waals surface area contributed by atoms with Crippen LogP contribution in [0.3, 0.4) is 0 Å². The minimum absolute atomic E-state index is 0.339. The molecule has 116 valence electrons. The van der Waals surface area contributed by atoms with Gasteiger partial charge in [0.05, 0.1) is 5.41 Å². The Morgan fingerprint density at radius 2 is 1.95 bits per heavy atom. The second kappa shape index (κ2) is 6.02. The molecule has 0 aromatic rings. The molecule has 1 fully saturated rings. The first kappa shape index (κ1) is 16.8. The predicted octanol–water partition coefficient (Wildman–Crippen LogP) is 3.18. The van der Waals surface area contributed by atoms with E-state index >= 15 is 0 Å². The van der Waals surface area contributed by atoms with E-state index in [0.717, 1.165) is 6.42 Å². The molecule has 0 radical (unpaired) electrons. The lowest BCUT2D eigenvalue weighted by atomic mass is 9.79. The highest BCUT2D eigenvalue weighted by molar-refractivity contribution is 5.78. The fourth-order valence-corrected chi connectivity index (χ4v) is 3.04. The first-order chi connectivity index (χ1) is 9.14. The molecule has 1 amide bonds. The molecule has 0 aromatic heterocycles. The lowest BCUT2D eigenvalue weighted by molar-refractivity contribution is -0.150. The van der Waals surface area contributed by atoms with E-state index in [0.29, 0.717) is 25.2 Å². The van der Waals surface area contributed by atoms with Crippen molar-refractivity contribution in [2.75, 3.05) is 0 Å². The number of hydrogen-bond acceptors (Lipinski definition) is 3. The van der Waals surface area contributed by atoms with Gasteiger partial charge in [-0.2, -0.15) is 0 Å². The van der Waals surface area contributed by atoms with E-state index in [4.69, 9.17) is 4.74 Å². The maximum atomic E-state index is 11.9. The molecule has 0 aliphatic heterocycles. The quantitative estimate of drug-likeness (QED) is 0.831. The number of alkyl carbamates (subject to hydrolysis) is 1. The molecule has 0 bridgehead atoms. The van der Waals surface area contributed by atoms with Crippen molar-refractivity contribution in [3.05, 3.63) is 0 Å². The summed E-state index contributed by atoms with van der Waals surface area (Å²) in [5.41, 5.74) is -1.44. The summed E-state index contributed by atoms with van der Waals surface area (Å²) < 4.78 is 5.24. The van der Waals surface area contributed by atoms with E-state index < -0.39 is 23.1 Å². The summed E-state index contributed by atoms with van der Waals surface area (Å²) in [6.07, 6.45) is 2.24. The van der Waals surface area contributed by atoms with E-state index in [1.54, 1.807) is 20.8 Å². The molecule has 20 heavy (non-hydrogen) atoms. The third kappa shape index (κ3) is 3.64. The second-order valence-corrected chi connectivity index (χ2v) is 6.73. The van der Waals surface area contributed by atoms with Gasteiger partial charge in [-0.3, -0.25) is 4.79 Å². The van der Waals surface area contributed by atoms with Crippen molar-refractivity contribution in [2.24, 2.45) is 11.3 Å². The average molecular weight is 285 g/mol. The Hall–Kier alpha value is -1.26. The Morgan fingerprint density at radius 1 is 1.35 bits per heavy atom.